The molecule has 23 heavy (non-hydrogen) atoms. The van der Waals surface area contributed by atoms with E-state index in [1.807, 2.05) is 40.8 Å². The number of hydrogen-bond acceptors (Lipinski definition) is 2. The number of aromatic nitrogens is 1. The summed E-state index contributed by atoms with van der Waals surface area (Å²) < 4.78 is 40.3. The fourth-order valence-electron chi connectivity index (χ4n) is 3.15. The number of anilines is 1. The third-order valence-electron chi connectivity index (χ3n) is 4.36. The smallest absolute Gasteiger partial charge is 0.381 e. The van der Waals surface area contributed by atoms with Crippen LogP contribution in [-0.2, 0) is 6.54 Å². The van der Waals surface area contributed by atoms with Crippen molar-refractivity contribution in [2.75, 3.05) is 18.4 Å². The average Bonchev–Trinajstić information content (AvgIpc) is 2.77. The molecule has 1 aliphatic rings. The van der Waals surface area contributed by atoms with Gasteiger partial charge in [0.25, 0.3) is 0 Å². The Kier molecular flexibility index (Phi) is 4.78. The van der Waals surface area contributed by atoms with E-state index in [1.54, 1.807) is 6.07 Å². The van der Waals surface area contributed by atoms with Gasteiger partial charge in [0.15, 0.2) is 0 Å². The third kappa shape index (κ3) is 3.76. The molecular formula is C16H19F3IN3. The molecule has 1 aliphatic heterocycles. The zero-order valence-electron chi connectivity index (χ0n) is 12.8. The molecule has 0 unspecified atom stereocenters. The highest BCUT2D eigenvalue weighted by Gasteiger charge is 2.30. The highest BCUT2D eigenvalue weighted by atomic mass is 127. The number of alkyl halides is 3. The molecule has 0 aliphatic carbocycles. The number of piperidine rings is 1. The molecule has 1 saturated heterocycles. The Labute approximate surface area is 146 Å². The van der Waals surface area contributed by atoms with E-state index in [0.29, 0.717) is 21.2 Å². The molecule has 1 aromatic heterocycles. The molecule has 2 heterocycles. The summed E-state index contributed by atoms with van der Waals surface area (Å²) in [6.07, 6.45) is -3.21. The number of benzene rings is 1. The number of halogens is 4. The van der Waals surface area contributed by atoms with E-state index in [-0.39, 0.29) is 0 Å². The van der Waals surface area contributed by atoms with Gasteiger partial charge in [0, 0.05) is 17.1 Å². The highest BCUT2D eigenvalue weighted by Crippen LogP contribution is 2.32. The second-order valence-corrected chi connectivity index (χ2v) is 7.23. The first-order chi connectivity index (χ1) is 10.8. The second kappa shape index (κ2) is 6.51. The zero-order chi connectivity index (χ0) is 16.6. The maximum atomic E-state index is 12.8. The van der Waals surface area contributed by atoms with Crippen molar-refractivity contribution in [2.45, 2.75) is 32.1 Å². The average molecular weight is 437 g/mol. The van der Waals surface area contributed by atoms with E-state index in [0.717, 1.165) is 30.6 Å². The highest BCUT2D eigenvalue weighted by molar-refractivity contribution is 14.1. The maximum absolute atomic E-state index is 12.8. The lowest BCUT2D eigenvalue weighted by Gasteiger charge is -2.31. The van der Waals surface area contributed by atoms with Crippen molar-refractivity contribution in [2.24, 2.45) is 5.92 Å². The van der Waals surface area contributed by atoms with Gasteiger partial charge in [-0.15, -0.1) is 0 Å². The van der Waals surface area contributed by atoms with Crippen molar-refractivity contribution < 1.29 is 13.2 Å². The van der Waals surface area contributed by atoms with Crippen molar-refractivity contribution in [1.82, 2.24) is 9.88 Å². The minimum absolute atomic E-state index is 0.338. The van der Waals surface area contributed by atoms with Crippen LogP contribution in [0.3, 0.4) is 0 Å². The Hall–Kier alpha value is -0.960. The van der Waals surface area contributed by atoms with E-state index in [1.165, 1.54) is 4.57 Å². The Morgan fingerprint density at radius 1 is 1.39 bits per heavy atom. The van der Waals surface area contributed by atoms with Gasteiger partial charge in [-0.25, -0.2) is 0 Å². The summed E-state index contributed by atoms with van der Waals surface area (Å²) in [6.45, 7) is 3.15. The third-order valence-corrected chi connectivity index (χ3v) is 5.25. The predicted molar refractivity (Wildman–Crippen MR) is 94.8 cm³/mol. The van der Waals surface area contributed by atoms with Crippen molar-refractivity contribution in [3.63, 3.8) is 0 Å². The molecule has 0 amide bonds. The molecule has 7 heteroatoms. The molecule has 3 nitrogen and oxygen atoms in total. The van der Waals surface area contributed by atoms with E-state index in [9.17, 15) is 13.2 Å². The lowest BCUT2D eigenvalue weighted by molar-refractivity contribution is -0.140. The van der Waals surface area contributed by atoms with Crippen LogP contribution in [-0.4, -0.2) is 29.9 Å². The van der Waals surface area contributed by atoms with Gasteiger partial charge in [-0.05, 0) is 66.2 Å². The first-order valence-corrected chi connectivity index (χ1v) is 8.75. The molecule has 2 aromatic rings. The zero-order valence-corrected chi connectivity index (χ0v) is 14.9. The Morgan fingerprint density at radius 3 is 2.87 bits per heavy atom. The van der Waals surface area contributed by atoms with Gasteiger partial charge in [-0.1, -0.05) is 13.0 Å². The summed E-state index contributed by atoms with van der Waals surface area (Å²) in [7, 11) is 0. The van der Waals surface area contributed by atoms with E-state index >= 15 is 0 Å². The molecule has 2 atom stereocenters. The monoisotopic (exact) mass is 437 g/mol. The number of nitrogens with zero attached hydrogens (tertiary/aromatic N) is 1. The Morgan fingerprint density at radius 2 is 2.17 bits per heavy atom. The molecular weight excluding hydrogens is 418 g/mol. The van der Waals surface area contributed by atoms with Crippen molar-refractivity contribution >= 4 is 39.2 Å². The molecule has 0 spiro atoms. The van der Waals surface area contributed by atoms with Crippen molar-refractivity contribution in [1.29, 1.82) is 0 Å². The first-order valence-electron chi connectivity index (χ1n) is 7.67. The van der Waals surface area contributed by atoms with Gasteiger partial charge >= 0.3 is 6.18 Å². The second-order valence-electron chi connectivity index (χ2n) is 6.13. The number of fused-ring (bicyclic) bond motifs is 1. The van der Waals surface area contributed by atoms with Crippen molar-refractivity contribution in [3.8, 4) is 0 Å². The normalized spacial score (nSPS) is 22.5. The summed E-state index contributed by atoms with van der Waals surface area (Å²) in [5, 5.41) is 7.75. The van der Waals surface area contributed by atoms with Gasteiger partial charge in [-0.3, -0.25) is 0 Å². The Balaban J connectivity index is 1.94. The van der Waals surface area contributed by atoms with Crippen LogP contribution in [0.2, 0.25) is 0 Å². The fraction of sp³-hybridized carbons (Fsp3) is 0.500. The molecule has 0 radical (unpaired) electrons. The summed E-state index contributed by atoms with van der Waals surface area (Å²) in [4.78, 5) is 0. The minimum Gasteiger partial charge on any atom is -0.381 e. The van der Waals surface area contributed by atoms with Crippen LogP contribution < -0.4 is 10.6 Å². The largest absolute Gasteiger partial charge is 0.406 e. The minimum atomic E-state index is -4.22. The van der Waals surface area contributed by atoms with Gasteiger partial charge in [0.1, 0.15) is 6.54 Å². The molecule has 0 saturated carbocycles. The summed E-state index contributed by atoms with van der Waals surface area (Å²) in [6, 6.07) is 7.69. The van der Waals surface area contributed by atoms with Crippen LogP contribution in [0.5, 0.6) is 0 Å². The summed E-state index contributed by atoms with van der Waals surface area (Å²) in [5.74, 6) is 0.482. The SMILES string of the molecule is C[C@@H]1CNCC[C@@H]1Nc1cccc2c1cc(I)n2CC(F)(F)F. The quantitative estimate of drug-likeness (QED) is 0.705. The van der Waals surface area contributed by atoms with Crippen LogP contribution in [0.4, 0.5) is 18.9 Å². The van der Waals surface area contributed by atoms with E-state index in [2.05, 4.69) is 17.6 Å². The fourth-order valence-corrected chi connectivity index (χ4v) is 3.89. The first kappa shape index (κ1) is 16.9. The van der Waals surface area contributed by atoms with Gasteiger partial charge in [-0.2, -0.15) is 13.2 Å². The van der Waals surface area contributed by atoms with Crippen molar-refractivity contribution in [3.05, 3.63) is 28.0 Å². The number of nitrogens with one attached hydrogen (secondary N) is 2. The predicted octanol–water partition coefficient (Wildman–Crippen LogP) is 4.22. The number of rotatable bonds is 3. The van der Waals surface area contributed by atoms with E-state index in [4.69, 9.17) is 0 Å². The standard InChI is InChI=1S/C16H19F3IN3/c1-10-8-21-6-5-12(10)22-13-3-2-4-14-11(13)7-15(20)23(14)9-16(17,18)19/h2-4,7,10,12,21-22H,5-6,8-9H2,1H3/t10-,12+/m1/s1. The van der Waals surface area contributed by atoms with Gasteiger partial charge in [0.2, 0.25) is 0 Å². The molecule has 3 rings (SSSR count). The molecule has 126 valence electrons. The van der Waals surface area contributed by atoms with Crippen LogP contribution in [0, 0.1) is 9.62 Å². The summed E-state index contributed by atoms with van der Waals surface area (Å²) in [5.41, 5.74) is 1.54. The van der Waals surface area contributed by atoms with Gasteiger partial charge in [0.05, 0.1) is 9.22 Å². The molecule has 0 bridgehead atoms. The number of hydrogen-bond donors (Lipinski definition) is 2. The Bertz CT molecular complexity index is 696. The van der Waals surface area contributed by atoms with Gasteiger partial charge < -0.3 is 15.2 Å². The molecule has 1 aromatic carbocycles. The lowest BCUT2D eigenvalue weighted by atomic mass is 9.95. The summed E-state index contributed by atoms with van der Waals surface area (Å²) >= 11 is 1.97. The van der Waals surface area contributed by atoms with Crippen LogP contribution in [0.15, 0.2) is 24.3 Å². The molecule has 1 fully saturated rings. The topological polar surface area (TPSA) is 29.0 Å². The molecule has 2 N–H and O–H groups in total. The van der Waals surface area contributed by atoms with Crippen LogP contribution >= 0.6 is 22.6 Å². The van der Waals surface area contributed by atoms with Crippen LogP contribution in [0.25, 0.3) is 10.9 Å². The van der Waals surface area contributed by atoms with Crippen LogP contribution in [0.1, 0.15) is 13.3 Å². The van der Waals surface area contributed by atoms with E-state index < -0.39 is 12.7 Å². The lowest BCUT2D eigenvalue weighted by Crippen LogP contribution is -2.42. The maximum Gasteiger partial charge on any atom is 0.406 e.